The number of nitrogens with one attached hydrogen (secondary N) is 1. The summed E-state index contributed by atoms with van der Waals surface area (Å²) in [5, 5.41) is 11.0. The lowest BCUT2D eigenvalue weighted by atomic mass is 10.3. The Hall–Kier alpha value is -0.550. The quantitative estimate of drug-likeness (QED) is 0.539. The Labute approximate surface area is 63.0 Å². The maximum Gasteiger partial charge on any atom is 0.321 e. The van der Waals surface area contributed by atoms with Gasteiger partial charge in [-0.2, -0.15) is 0 Å². The minimum atomic E-state index is -0.933. The summed E-state index contributed by atoms with van der Waals surface area (Å²) in [6.45, 7) is 0. The van der Waals surface area contributed by atoms with Crippen molar-refractivity contribution < 1.29 is 14.7 Å². The van der Waals surface area contributed by atoms with Crippen molar-refractivity contribution in [2.45, 2.75) is 6.04 Å². The molecule has 0 aromatic rings. The lowest BCUT2D eigenvalue weighted by Gasteiger charge is -2.06. The molecular formula is C5H9NO3S. The highest BCUT2D eigenvalue weighted by Gasteiger charge is 2.13. The van der Waals surface area contributed by atoms with Crippen LogP contribution in [-0.4, -0.2) is 35.5 Å². The molecule has 0 rings (SSSR count). The van der Waals surface area contributed by atoms with Gasteiger partial charge in [-0.1, -0.05) is 11.8 Å². The van der Waals surface area contributed by atoms with Crippen molar-refractivity contribution in [3.8, 4) is 0 Å². The summed E-state index contributed by atoms with van der Waals surface area (Å²) < 4.78 is 0. The van der Waals surface area contributed by atoms with Gasteiger partial charge in [0.15, 0.2) is 5.62 Å². The molecule has 0 spiro atoms. The van der Waals surface area contributed by atoms with E-state index in [-0.39, 0.29) is 5.75 Å². The number of carbonyl (C=O) groups is 2. The molecule has 0 saturated heterocycles. The number of thioether (sulfide) groups is 1. The molecule has 0 saturated carbocycles. The van der Waals surface area contributed by atoms with Crippen molar-refractivity contribution in [1.82, 2.24) is 5.32 Å². The third kappa shape index (κ3) is 3.47. The SMILES string of the molecule is CN[C@@H](CSC=O)C(=O)O. The monoisotopic (exact) mass is 163 g/mol. The molecule has 0 aromatic carbocycles. The molecule has 0 amide bonds. The van der Waals surface area contributed by atoms with Crippen LogP contribution >= 0.6 is 11.8 Å². The number of carboxylic acid groups (broad SMARTS) is 1. The van der Waals surface area contributed by atoms with Crippen molar-refractivity contribution in [2.75, 3.05) is 12.8 Å². The molecule has 58 valence electrons. The summed E-state index contributed by atoms with van der Waals surface area (Å²) in [5.74, 6) is -0.660. The third-order valence-corrected chi connectivity index (χ3v) is 1.64. The van der Waals surface area contributed by atoms with E-state index in [1.165, 1.54) is 0 Å². The molecule has 5 heteroatoms. The van der Waals surface area contributed by atoms with Crippen molar-refractivity contribution in [3.05, 3.63) is 0 Å². The molecule has 0 fully saturated rings. The standard InChI is InChI=1S/C5H9NO3S/c1-6-4(5(8)9)2-10-3-7/h3-4,6H,2H2,1H3,(H,8,9)/t4-/m0/s1. The second kappa shape index (κ2) is 5.25. The number of hydrogen-bond acceptors (Lipinski definition) is 4. The first-order valence-corrected chi connectivity index (χ1v) is 3.72. The van der Waals surface area contributed by atoms with Crippen LogP contribution in [-0.2, 0) is 9.59 Å². The van der Waals surface area contributed by atoms with E-state index in [4.69, 9.17) is 5.11 Å². The Kier molecular flexibility index (Phi) is 4.96. The zero-order chi connectivity index (χ0) is 7.98. The molecule has 0 aliphatic carbocycles. The van der Waals surface area contributed by atoms with Gasteiger partial charge in [-0.3, -0.25) is 9.59 Å². The zero-order valence-corrected chi connectivity index (χ0v) is 6.35. The van der Waals surface area contributed by atoms with Gasteiger partial charge in [0, 0.05) is 5.75 Å². The fraction of sp³-hybridized carbons (Fsp3) is 0.600. The Morgan fingerprint density at radius 2 is 2.50 bits per heavy atom. The first kappa shape index (κ1) is 9.45. The van der Waals surface area contributed by atoms with Gasteiger partial charge in [0.05, 0.1) is 0 Å². The molecule has 0 aliphatic heterocycles. The second-order valence-electron chi connectivity index (χ2n) is 1.61. The summed E-state index contributed by atoms with van der Waals surface area (Å²) >= 11 is 0.945. The predicted octanol–water partition coefficient (Wildman–Crippen LogP) is -0.418. The van der Waals surface area contributed by atoms with Crippen LogP contribution in [0.15, 0.2) is 0 Å². The normalized spacial score (nSPS) is 12.5. The maximum atomic E-state index is 10.2. The molecule has 4 nitrogen and oxygen atoms in total. The van der Waals surface area contributed by atoms with E-state index in [0.717, 1.165) is 11.8 Å². The van der Waals surface area contributed by atoms with Gasteiger partial charge in [0.1, 0.15) is 6.04 Å². The summed E-state index contributed by atoms with van der Waals surface area (Å²) in [6.07, 6.45) is 0. The van der Waals surface area contributed by atoms with E-state index in [0.29, 0.717) is 5.62 Å². The summed E-state index contributed by atoms with van der Waals surface area (Å²) in [5.41, 5.74) is 0.632. The number of aliphatic carboxylic acids is 1. The summed E-state index contributed by atoms with van der Waals surface area (Å²) in [4.78, 5) is 20.0. The van der Waals surface area contributed by atoms with Crippen LogP contribution in [0.1, 0.15) is 0 Å². The van der Waals surface area contributed by atoms with Gasteiger partial charge in [-0.05, 0) is 7.05 Å². The van der Waals surface area contributed by atoms with E-state index >= 15 is 0 Å². The first-order valence-electron chi connectivity index (χ1n) is 2.67. The van der Waals surface area contributed by atoms with Crippen LogP contribution in [0.5, 0.6) is 0 Å². The molecule has 0 aliphatic rings. The highest BCUT2D eigenvalue weighted by Crippen LogP contribution is 1.97. The minimum absolute atomic E-state index is 0.273. The number of hydrogen-bond donors (Lipinski definition) is 2. The van der Waals surface area contributed by atoms with E-state index in [1.54, 1.807) is 7.05 Å². The van der Waals surface area contributed by atoms with Crippen molar-refractivity contribution in [1.29, 1.82) is 0 Å². The van der Waals surface area contributed by atoms with Crippen LogP contribution < -0.4 is 5.32 Å². The smallest absolute Gasteiger partial charge is 0.321 e. The van der Waals surface area contributed by atoms with Gasteiger partial charge in [-0.15, -0.1) is 0 Å². The first-order chi connectivity index (χ1) is 4.72. The van der Waals surface area contributed by atoms with Crippen LogP contribution in [0.25, 0.3) is 0 Å². The van der Waals surface area contributed by atoms with E-state index < -0.39 is 12.0 Å². The van der Waals surface area contributed by atoms with Crippen molar-refractivity contribution in [2.24, 2.45) is 0 Å². The topological polar surface area (TPSA) is 66.4 Å². The Morgan fingerprint density at radius 3 is 2.80 bits per heavy atom. The molecule has 0 bridgehead atoms. The van der Waals surface area contributed by atoms with E-state index in [1.807, 2.05) is 0 Å². The number of rotatable bonds is 5. The van der Waals surface area contributed by atoms with Gasteiger partial charge in [0.25, 0.3) is 0 Å². The van der Waals surface area contributed by atoms with E-state index in [9.17, 15) is 9.59 Å². The lowest BCUT2D eigenvalue weighted by molar-refractivity contribution is -0.138. The molecule has 0 radical (unpaired) electrons. The fourth-order valence-electron chi connectivity index (χ4n) is 0.414. The average Bonchev–Trinajstić information content (AvgIpc) is 1.89. The molecule has 2 N–H and O–H groups in total. The van der Waals surface area contributed by atoms with Crippen molar-refractivity contribution >= 4 is 23.3 Å². The Balaban J connectivity index is 3.60. The number of likely N-dealkylation sites (N-methyl/N-ethyl adjacent to an activating group) is 1. The van der Waals surface area contributed by atoms with Gasteiger partial charge in [-0.25, -0.2) is 0 Å². The average molecular weight is 163 g/mol. The van der Waals surface area contributed by atoms with E-state index in [2.05, 4.69) is 5.32 Å². The second-order valence-corrected chi connectivity index (χ2v) is 2.47. The molecule has 0 heterocycles. The molecule has 1 atom stereocenters. The predicted molar refractivity (Wildman–Crippen MR) is 39.7 cm³/mol. The lowest BCUT2D eigenvalue weighted by Crippen LogP contribution is -2.35. The Bertz CT molecular complexity index is 128. The third-order valence-electron chi connectivity index (χ3n) is 0.977. The molecular weight excluding hydrogens is 154 g/mol. The fourth-order valence-corrected chi connectivity index (χ4v) is 0.994. The summed E-state index contributed by atoms with van der Waals surface area (Å²) in [7, 11) is 1.55. The number of carbonyl (C=O) groups excluding carboxylic acids is 1. The van der Waals surface area contributed by atoms with Gasteiger partial charge in [0.2, 0.25) is 0 Å². The molecule has 0 aromatic heterocycles. The minimum Gasteiger partial charge on any atom is -0.480 e. The van der Waals surface area contributed by atoms with Crippen molar-refractivity contribution in [3.63, 3.8) is 0 Å². The maximum absolute atomic E-state index is 10.2. The largest absolute Gasteiger partial charge is 0.480 e. The van der Waals surface area contributed by atoms with Crippen LogP contribution in [0, 0.1) is 0 Å². The van der Waals surface area contributed by atoms with Crippen LogP contribution in [0.3, 0.4) is 0 Å². The van der Waals surface area contributed by atoms with Crippen LogP contribution in [0.2, 0.25) is 0 Å². The molecule has 10 heavy (non-hydrogen) atoms. The highest BCUT2D eigenvalue weighted by atomic mass is 32.2. The zero-order valence-electron chi connectivity index (χ0n) is 5.53. The van der Waals surface area contributed by atoms with Crippen LogP contribution in [0.4, 0.5) is 0 Å². The highest BCUT2D eigenvalue weighted by molar-refractivity contribution is 8.11. The molecule has 0 unspecified atom stereocenters. The van der Waals surface area contributed by atoms with Gasteiger partial charge < -0.3 is 10.4 Å². The van der Waals surface area contributed by atoms with Gasteiger partial charge >= 0.3 is 5.97 Å². The number of carboxylic acids is 1. The Morgan fingerprint density at radius 1 is 1.90 bits per heavy atom. The summed E-state index contributed by atoms with van der Waals surface area (Å²) in [6, 6.07) is -0.629.